The maximum Gasteiger partial charge on any atom is 0.338 e. The number of hydrogen-bond donors (Lipinski definition) is 2. The van der Waals surface area contributed by atoms with E-state index in [1.54, 1.807) is 47.9 Å². The molecule has 0 spiro atoms. The lowest BCUT2D eigenvalue weighted by Gasteiger charge is -2.12. The molecule has 0 bridgehead atoms. The Morgan fingerprint density at radius 3 is 2.21 bits per heavy atom. The second kappa shape index (κ2) is 14.6. The van der Waals surface area contributed by atoms with Gasteiger partial charge in [-0.15, -0.1) is 10.2 Å². The average Bonchev–Trinajstić information content (AvgIpc) is 3.42. The number of nitrogens with one attached hydrogen (secondary N) is 2. The molecule has 0 fully saturated rings. The number of hydrogen-bond acceptors (Lipinski definition) is 10. The molecular weight excluding hydrogens is 576 g/mol. The highest BCUT2D eigenvalue weighted by atomic mass is 32.2. The summed E-state index contributed by atoms with van der Waals surface area (Å²) in [5.74, 6) is -0.109. The summed E-state index contributed by atoms with van der Waals surface area (Å²) in [7, 11) is 0. The first kappa shape index (κ1) is 30.7. The first-order valence-corrected chi connectivity index (χ1v) is 14.2. The maximum absolute atomic E-state index is 12.7. The van der Waals surface area contributed by atoms with Gasteiger partial charge in [0.2, 0.25) is 5.91 Å². The number of ether oxygens (including phenoxy) is 2. The van der Waals surface area contributed by atoms with Crippen LogP contribution in [0.3, 0.4) is 0 Å². The van der Waals surface area contributed by atoms with Crippen molar-refractivity contribution in [2.24, 2.45) is 0 Å². The van der Waals surface area contributed by atoms with Crippen LogP contribution in [0, 0.1) is 10.1 Å². The Kier molecular flexibility index (Phi) is 10.4. The number of non-ortho nitro benzene ring substituents is 1. The normalized spacial score (nSPS) is 10.6. The monoisotopic (exact) mass is 604 g/mol. The Balaban J connectivity index is 1.47. The van der Waals surface area contributed by atoms with Gasteiger partial charge in [0.15, 0.2) is 11.0 Å². The highest BCUT2D eigenvalue weighted by molar-refractivity contribution is 7.99. The van der Waals surface area contributed by atoms with Crippen molar-refractivity contribution in [3.63, 3.8) is 0 Å². The molecule has 4 aromatic rings. The third kappa shape index (κ3) is 8.16. The number of thioether (sulfide) groups is 1. The molecule has 1 heterocycles. The van der Waals surface area contributed by atoms with Gasteiger partial charge in [0, 0.05) is 29.1 Å². The summed E-state index contributed by atoms with van der Waals surface area (Å²) in [4.78, 5) is 47.6. The van der Waals surface area contributed by atoms with E-state index in [0.29, 0.717) is 40.3 Å². The van der Waals surface area contributed by atoms with Gasteiger partial charge in [-0.25, -0.2) is 4.79 Å². The van der Waals surface area contributed by atoms with Gasteiger partial charge < -0.3 is 20.1 Å². The van der Waals surface area contributed by atoms with Gasteiger partial charge in [-0.1, -0.05) is 11.8 Å². The van der Waals surface area contributed by atoms with Crippen molar-refractivity contribution in [2.45, 2.75) is 25.5 Å². The summed E-state index contributed by atoms with van der Waals surface area (Å²) in [6.07, 6.45) is 0. The Bertz CT molecular complexity index is 1590. The Morgan fingerprint density at radius 2 is 1.58 bits per heavy atom. The molecule has 0 aliphatic carbocycles. The molecule has 0 aliphatic rings. The number of amides is 2. The highest BCUT2D eigenvalue weighted by Gasteiger charge is 2.18. The zero-order valence-electron chi connectivity index (χ0n) is 23.3. The smallest absolute Gasteiger partial charge is 0.338 e. The molecule has 2 N–H and O–H groups in total. The van der Waals surface area contributed by atoms with Crippen molar-refractivity contribution >= 4 is 40.9 Å². The molecule has 0 radical (unpaired) electrons. The molecule has 222 valence electrons. The van der Waals surface area contributed by atoms with Crippen molar-refractivity contribution in [3.05, 3.63) is 99.9 Å². The van der Waals surface area contributed by atoms with E-state index in [1.165, 1.54) is 24.3 Å². The van der Waals surface area contributed by atoms with Crippen LogP contribution >= 0.6 is 11.8 Å². The summed E-state index contributed by atoms with van der Waals surface area (Å²) in [6, 6.07) is 18.8. The fourth-order valence-electron chi connectivity index (χ4n) is 3.85. The second-order valence-electron chi connectivity index (χ2n) is 8.78. The fourth-order valence-corrected chi connectivity index (χ4v) is 4.62. The Morgan fingerprint density at radius 1 is 0.907 bits per heavy atom. The van der Waals surface area contributed by atoms with Gasteiger partial charge in [-0.2, -0.15) is 0 Å². The van der Waals surface area contributed by atoms with E-state index < -0.39 is 16.8 Å². The molecule has 0 saturated carbocycles. The standard InChI is InChI=1S/C29H28N6O7S/c1-3-41-24-15-13-22(14-16-24)34-25(17-30-27(37)19-7-11-23(12-8-19)35(39)40)32-33-29(34)43-18-26(36)31-21-9-5-20(6-10-21)28(38)42-4-2/h5-16H,3-4,17-18H2,1-2H3,(H,30,37)(H,31,36). The molecular formula is C29H28N6O7S. The highest BCUT2D eigenvalue weighted by Crippen LogP contribution is 2.24. The number of nitro groups is 1. The number of aromatic nitrogens is 3. The number of nitrogens with zero attached hydrogens (tertiary/aromatic N) is 4. The maximum atomic E-state index is 12.7. The van der Waals surface area contributed by atoms with Gasteiger partial charge in [0.25, 0.3) is 11.6 Å². The summed E-state index contributed by atoms with van der Waals surface area (Å²) in [5.41, 5.74) is 1.71. The van der Waals surface area contributed by atoms with E-state index in [-0.39, 0.29) is 36.1 Å². The number of anilines is 1. The van der Waals surface area contributed by atoms with Crippen LogP contribution in [0.2, 0.25) is 0 Å². The van der Waals surface area contributed by atoms with Crippen molar-refractivity contribution in [1.29, 1.82) is 0 Å². The third-order valence-electron chi connectivity index (χ3n) is 5.87. The quantitative estimate of drug-likeness (QED) is 0.0965. The van der Waals surface area contributed by atoms with Crippen LogP contribution in [0.5, 0.6) is 5.75 Å². The lowest BCUT2D eigenvalue weighted by molar-refractivity contribution is -0.384. The zero-order valence-corrected chi connectivity index (χ0v) is 24.1. The first-order chi connectivity index (χ1) is 20.8. The number of nitro benzene ring substituents is 1. The van der Waals surface area contributed by atoms with Crippen molar-refractivity contribution in [3.8, 4) is 11.4 Å². The molecule has 0 saturated heterocycles. The molecule has 2 amide bonds. The molecule has 14 heteroatoms. The fraction of sp³-hybridized carbons (Fsp3) is 0.207. The summed E-state index contributed by atoms with van der Waals surface area (Å²) >= 11 is 1.15. The van der Waals surface area contributed by atoms with Crippen LogP contribution in [0.1, 0.15) is 40.4 Å². The number of carbonyl (C=O) groups excluding carboxylic acids is 3. The molecule has 13 nitrogen and oxygen atoms in total. The first-order valence-electron chi connectivity index (χ1n) is 13.2. The topological polar surface area (TPSA) is 168 Å². The van der Waals surface area contributed by atoms with E-state index in [2.05, 4.69) is 20.8 Å². The van der Waals surface area contributed by atoms with E-state index >= 15 is 0 Å². The third-order valence-corrected chi connectivity index (χ3v) is 6.79. The van der Waals surface area contributed by atoms with Crippen LogP contribution in [0.15, 0.2) is 78.0 Å². The largest absolute Gasteiger partial charge is 0.494 e. The van der Waals surface area contributed by atoms with Gasteiger partial charge in [0.1, 0.15) is 5.75 Å². The molecule has 0 unspecified atom stereocenters. The van der Waals surface area contributed by atoms with Crippen LogP contribution < -0.4 is 15.4 Å². The SMILES string of the molecule is CCOC(=O)c1ccc(NC(=O)CSc2nnc(CNC(=O)c3ccc([N+](=O)[O-])cc3)n2-c2ccc(OCC)cc2)cc1. The van der Waals surface area contributed by atoms with Crippen molar-refractivity contribution < 1.29 is 28.8 Å². The molecule has 1 aromatic heterocycles. The van der Waals surface area contributed by atoms with Gasteiger partial charge in [-0.3, -0.25) is 24.3 Å². The minimum atomic E-state index is -0.539. The minimum absolute atomic E-state index is 0.00391. The molecule has 4 rings (SSSR count). The lowest BCUT2D eigenvalue weighted by Crippen LogP contribution is -2.24. The van der Waals surface area contributed by atoms with E-state index in [4.69, 9.17) is 9.47 Å². The predicted molar refractivity (Wildman–Crippen MR) is 159 cm³/mol. The van der Waals surface area contributed by atoms with Crippen molar-refractivity contribution in [2.75, 3.05) is 24.3 Å². The Hall–Kier alpha value is -5.24. The van der Waals surface area contributed by atoms with Crippen LogP contribution in [-0.4, -0.2) is 56.4 Å². The Labute approximate surface area is 250 Å². The van der Waals surface area contributed by atoms with E-state index in [1.807, 2.05) is 19.1 Å². The molecule has 0 atom stereocenters. The van der Waals surface area contributed by atoms with Crippen LogP contribution in [0.4, 0.5) is 11.4 Å². The number of rotatable bonds is 13. The molecule has 3 aromatic carbocycles. The van der Waals surface area contributed by atoms with Gasteiger partial charge in [-0.05, 0) is 74.5 Å². The number of esters is 1. The summed E-state index contributed by atoms with van der Waals surface area (Å²) in [5, 5.41) is 25.3. The predicted octanol–water partition coefficient (Wildman–Crippen LogP) is 4.41. The summed E-state index contributed by atoms with van der Waals surface area (Å²) < 4.78 is 12.2. The van der Waals surface area contributed by atoms with Crippen LogP contribution in [0.25, 0.3) is 5.69 Å². The zero-order chi connectivity index (χ0) is 30.8. The van der Waals surface area contributed by atoms with Crippen molar-refractivity contribution in [1.82, 2.24) is 20.1 Å². The summed E-state index contributed by atoms with van der Waals surface area (Å²) in [6.45, 7) is 4.38. The number of carbonyl (C=O) groups is 3. The van der Waals surface area contributed by atoms with E-state index in [9.17, 15) is 24.5 Å². The van der Waals surface area contributed by atoms with Gasteiger partial charge in [0.05, 0.1) is 36.0 Å². The second-order valence-corrected chi connectivity index (χ2v) is 9.72. The van der Waals surface area contributed by atoms with Gasteiger partial charge >= 0.3 is 5.97 Å². The minimum Gasteiger partial charge on any atom is -0.494 e. The molecule has 0 aliphatic heterocycles. The van der Waals surface area contributed by atoms with E-state index in [0.717, 1.165) is 11.8 Å². The number of benzene rings is 3. The van der Waals surface area contributed by atoms with Crippen LogP contribution in [-0.2, 0) is 16.1 Å². The lowest BCUT2D eigenvalue weighted by atomic mass is 10.2. The average molecular weight is 605 g/mol. The molecule has 43 heavy (non-hydrogen) atoms.